The second kappa shape index (κ2) is 9.17. The van der Waals surface area contributed by atoms with Crippen LogP contribution in [-0.2, 0) is 23.9 Å². The van der Waals surface area contributed by atoms with Gasteiger partial charge in [0, 0.05) is 50.3 Å². The Labute approximate surface area is 191 Å². The molecule has 33 heavy (non-hydrogen) atoms. The van der Waals surface area contributed by atoms with Gasteiger partial charge in [0.25, 0.3) is 5.91 Å². The van der Waals surface area contributed by atoms with Gasteiger partial charge in [0.15, 0.2) is 0 Å². The van der Waals surface area contributed by atoms with Crippen LogP contribution in [-0.4, -0.2) is 66.7 Å². The van der Waals surface area contributed by atoms with Crippen LogP contribution < -0.4 is 9.80 Å². The van der Waals surface area contributed by atoms with E-state index in [9.17, 15) is 18.0 Å². The molecule has 2 aromatic rings. The Balaban J connectivity index is 1.62. The van der Waals surface area contributed by atoms with Gasteiger partial charge in [0.1, 0.15) is 5.82 Å². The van der Waals surface area contributed by atoms with E-state index in [4.69, 9.17) is 14.7 Å². The minimum Gasteiger partial charge on any atom is -0.378 e. The smallest absolute Gasteiger partial charge is 0.378 e. The van der Waals surface area contributed by atoms with Crippen molar-refractivity contribution in [3.8, 4) is 0 Å². The zero-order valence-electron chi connectivity index (χ0n) is 19.0. The minimum absolute atomic E-state index is 0.183. The van der Waals surface area contributed by atoms with Gasteiger partial charge in [-0.05, 0) is 38.1 Å². The van der Waals surface area contributed by atoms with Gasteiger partial charge in [-0.25, -0.2) is 4.98 Å². The molecule has 7 nitrogen and oxygen atoms in total. The van der Waals surface area contributed by atoms with Gasteiger partial charge < -0.3 is 19.4 Å². The van der Waals surface area contributed by atoms with Crippen LogP contribution in [0.5, 0.6) is 0 Å². The molecule has 0 bridgehead atoms. The Hall–Kier alpha value is -2.88. The van der Waals surface area contributed by atoms with E-state index in [1.807, 2.05) is 7.05 Å². The number of anilines is 2. The molecule has 2 aliphatic heterocycles. The second-order valence-electron chi connectivity index (χ2n) is 8.63. The molecule has 0 N–H and O–H groups in total. The summed E-state index contributed by atoms with van der Waals surface area (Å²) in [7, 11) is 1.97. The number of amides is 1. The summed E-state index contributed by atoms with van der Waals surface area (Å²) in [5, 5.41) is 0. The number of fused-ring (bicyclic) bond motifs is 1. The SMILES string of the molecule is CC(C)N(C)c1nc(N2CCOCC2)nc2c1CN(C(=O)c1ccc(C(F)(F)F)cc1)CC2. The number of alkyl halides is 3. The highest BCUT2D eigenvalue weighted by atomic mass is 19.4. The highest BCUT2D eigenvalue weighted by Crippen LogP contribution is 2.32. The first-order valence-corrected chi connectivity index (χ1v) is 11.1. The topological polar surface area (TPSA) is 61.8 Å². The van der Waals surface area contributed by atoms with Gasteiger partial charge >= 0.3 is 6.18 Å². The molecule has 0 unspecified atom stereocenters. The number of benzene rings is 1. The summed E-state index contributed by atoms with van der Waals surface area (Å²) in [5.74, 6) is 1.15. The van der Waals surface area contributed by atoms with Gasteiger partial charge in [-0.15, -0.1) is 0 Å². The maximum Gasteiger partial charge on any atom is 0.416 e. The van der Waals surface area contributed by atoms with Crippen molar-refractivity contribution in [3.63, 3.8) is 0 Å². The summed E-state index contributed by atoms with van der Waals surface area (Å²) in [5.41, 5.74) is 1.25. The van der Waals surface area contributed by atoms with Crippen molar-refractivity contribution in [1.29, 1.82) is 0 Å². The van der Waals surface area contributed by atoms with Crippen molar-refractivity contribution >= 4 is 17.7 Å². The average Bonchev–Trinajstić information content (AvgIpc) is 2.82. The number of morpholine rings is 1. The van der Waals surface area contributed by atoms with Gasteiger partial charge in [0.05, 0.1) is 31.0 Å². The standard InChI is InChI=1S/C23H28F3N5O2/c1-15(2)29(3)20-18-14-31(21(32)16-4-6-17(7-5-16)23(24,25)26)9-8-19(18)27-22(28-20)30-10-12-33-13-11-30/h4-7,15H,8-14H2,1-3H3. The fourth-order valence-corrected chi connectivity index (χ4v) is 3.98. The van der Waals surface area contributed by atoms with Crippen LogP contribution in [0.1, 0.15) is 41.0 Å². The summed E-state index contributed by atoms with van der Waals surface area (Å²) >= 11 is 0. The molecule has 1 aromatic heterocycles. The number of nitrogens with zero attached hydrogens (tertiary/aromatic N) is 5. The molecule has 178 valence electrons. The summed E-state index contributed by atoms with van der Waals surface area (Å²) in [4.78, 5) is 28.6. The molecule has 3 heterocycles. The fourth-order valence-electron chi connectivity index (χ4n) is 3.98. The molecule has 2 aliphatic rings. The number of hydrogen-bond acceptors (Lipinski definition) is 6. The Morgan fingerprint density at radius 3 is 2.36 bits per heavy atom. The Morgan fingerprint density at radius 1 is 1.09 bits per heavy atom. The monoisotopic (exact) mass is 463 g/mol. The third-order valence-electron chi connectivity index (χ3n) is 6.18. The van der Waals surface area contributed by atoms with E-state index in [-0.39, 0.29) is 17.5 Å². The number of hydrogen-bond donors (Lipinski definition) is 0. The van der Waals surface area contributed by atoms with Gasteiger partial charge in [0.2, 0.25) is 5.95 Å². The maximum absolute atomic E-state index is 13.1. The number of aromatic nitrogens is 2. The molecule has 0 radical (unpaired) electrons. The van der Waals surface area contributed by atoms with Crippen molar-refractivity contribution in [2.45, 2.75) is 39.0 Å². The Kier molecular flexibility index (Phi) is 6.47. The normalized spacial score (nSPS) is 16.7. The maximum atomic E-state index is 13.1. The van der Waals surface area contributed by atoms with Gasteiger partial charge in [-0.3, -0.25) is 4.79 Å². The molecule has 0 aliphatic carbocycles. The first kappa shape index (κ1) is 23.3. The van der Waals surface area contributed by atoms with Crippen LogP contribution >= 0.6 is 0 Å². The lowest BCUT2D eigenvalue weighted by Crippen LogP contribution is -2.41. The van der Waals surface area contributed by atoms with Crippen LogP contribution in [0.3, 0.4) is 0 Å². The Bertz CT molecular complexity index is 1000. The number of halogens is 3. The quantitative estimate of drug-likeness (QED) is 0.693. The lowest BCUT2D eigenvalue weighted by Gasteiger charge is -2.35. The van der Waals surface area contributed by atoms with Crippen molar-refractivity contribution in [3.05, 3.63) is 46.6 Å². The molecule has 0 spiro atoms. The number of carbonyl (C=O) groups excluding carboxylic acids is 1. The van der Waals surface area contributed by atoms with Crippen LogP contribution in [0.4, 0.5) is 24.9 Å². The van der Waals surface area contributed by atoms with Crippen LogP contribution in [0.25, 0.3) is 0 Å². The lowest BCUT2D eigenvalue weighted by molar-refractivity contribution is -0.137. The van der Waals surface area contributed by atoms with E-state index < -0.39 is 11.7 Å². The summed E-state index contributed by atoms with van der Waals surface area (Å²) < 4.78 is 44.1. The van der Waals surface area contributed by atoms with Crippen LogP contribution in [0.2, 0.25) is 0 Å². The molecule has 0 saturated carbocycles. The summed E-state index contributed by atoms with van der Waals surface area (Å²) in [6.45, 7) is 7.59. The zero-order valence-corrected chi connectivity index (χ0v) is 19.0. The zero-order chi connectivity index (χ0) is 23.8. The van der Waals surface area contributed by atoms with Crippen LogP contribution in [0, 0.1) is 0 Å². The lowest BCUT2D eigenvalue weighted by atomic mass is 10.0. The summed E-state index contributed by atoms with van der Waals surface area (Å²) in [6, 6.07) is 4.55. The van der Waals surface area contributed by atoms with E-state index in [0.29, 0.717) is 38.7 Å². The average molecular weight is 464 g/mol. The van der Waals surface area contributed by atoms with E-state index in [2.05, 4.69) is 23.6 Å². The molecular weight excluding hydrogens is 435 g/mol. The van der Waals surface area contributed by atoms with E-state index in [1.165, 1.54) is 12.1 Å². The molecule has 10 heteroatoms. The molecule has 1 saturated heterocycles. The predicted octanol–water partition coefficient (Wildman–Crippen LogP) is 3.38. The van der Waals surface area contributed by atoms with Crippen molar-refractivity contribution in [2.24, 2.45) is 0 Å². The summed E-state index contributed by atoms with van der Waals surface area (Å²) in [6.07, 6.45) is -3.88. The highest BCUT2D eigenvalue weighted by Gasteiger charge is 2.32. The third kappa shape index (κ3) is 4.90. The molecule has 4 rings (SSSR count). The van der Waals surface area contributed by atoms with Crippen molar-refractivity contribution in [1.82, 2.24) is 14.9 Å². The largest absolute Gasteiger partial charge is 0.416 e. The minimum atomic E-state index is -4.43. The third-order valence-corrected chi connectivity index (χ3v) is 6.18. The fraction of sp³-hybridized carbons (Fsp3) is 0.522. The first-order valence-electron chi connectivity index (χ1n) is 11.1. The molecule has 1 fully saturated rings. The number of carbonyl (C=O) groups is 1. The molecule has 1 aromatic carbocycles. The van der Waals surface area contributed by atoms with Gasteiger partial charge in [-0.2, -0.15) is 18.2 Å². The van der Waals surface area contributed by atoms with E-state index in [0.717, 1.165) is 42.3 Å². The Morgan fingerprint density at radius 2 is 1.76 bits per heavy atom. The molecule has 1 amide bonds. The molecule has 0 atom stereocenters. The van der Waals surface area contributed by atoms with E-state index >= 15 is 0 Å². The first-order chi connectivity index (χ1) is 15.6. The van der Waals surface area contributed by atoms with E-state index in [1.54, 1.807) is 4.90 Å². The predicted molar refractivity (Wildman–Crippen MR) is 118 cm³/mol. The van der Waals surface area contributed by atoms with Crippen molar-refractivity contribution < 1.29 is 22.7 Å². The second-order valence-corrected chi connectivity index (χ2v) is 8.63. The van der Waals surface area contributed by atoms with Gasteiger partial charge in [-0.1, -0.05) is 0 Å². The molecular formula is C23H28F3N5O2. The highest BCUT2D eigenvalue weighted by molar-refractivity contribution is 5.94. The number of ether oxygens (including phenoxy) is 1. The van der Waals surface area contributed by atoms with Crippen molar-refractivity contribution in [2.75, 3.05) is 49.7 Å². The number of rotatable bonds is 4. The van der Waals surface area contributed by atoms with Crippen LogP contribution in [0.15, 0.2) is 24.3 Å².